The number of hydrogen-bond donors (Lipinski definition) is 0. The Morgan fingerprint density at radius 2 is 1.67 bits per heavy atom. The van der Waals surface area contributed by atoms with Gasteiger partial charge in [-0.25, -0.2) is 13.2 Å². The number of hydrogen-bond acceptors (Lipinski definition) is 0. The van der Waals surface area contributed by atoms with E-state index in [9.17, 15) is 26.3 Å². The van der Waals surface area contributed by atoms with Crippen LogP contribution in [0.4, 0.5) is 26.3 Å². The van der Waals surface area contributed by atoms with Crippen LogP contribution in [0.25, 0.3) is 0 Å². The van der Waals surface area contributed by atoms with Crippen LogP contribution >= 0.6 is 22.6 Å². The normalized spacial score (nSPS) is 12.3. The van der Waals surface area contributed by atoms with Gasteiger partial charge in [-0.3, -0.25) is 0 Å². The smallest absolute Gasteiger partial charge is 0.205 e. The fourth-order valence-corrected chi connectivity index (χ4v) is 1.58. The molecule has 1 aromatic rings. The predicted molar refractivity (Wildman–Crippen MR) is 49.1 cm³/mol. The average Bonchev–Trinajstić information content (AvgIpc) is 2.06. The van der Waals surface area contributed by atoms with Crippen LogP contribution in [0, 0.1) is 9.39 Å². The Balaban J connectivity index is 3.36. The molecule has 0 aliphatic carbocycles. The molecule has 0 spiro atoms. The highest BCUT2D eigenvalue weighted by molar-refractivity contribution is 14.1. The topological polar surface area (TPSA) is 0 Å². The zero-order chi connectivity index (χ0) is 11.8. The van der Waals surface area contributed by atoms with E-state index in [0.29, 0.717) is 6.07 Å². The van der Waals surface area contributed by atoms with Gasteiger partial charge in [0, 0.05) is 3.57 Å². The highest BCUT2D eigenvalue weighted by Crippen LogP contribution is 2.35. The Labute approximate surface area is 94.4 Å². The molecule has 0 heterocycles. The molecule has 1 rings (SSSR count). The molecule has 0 aliphatic heterocycles. The summed E-state index contributed by atoms with van der Waals surface area (Å²) in [6.45, 7) is 0. The van der Waals surface area contributed by atoms with Crippen LogP contribution in [-0.4, -0.2) is 0 Å². The third-order valence-electron chi connectivity index (χ3n) is 1.62. The fraction of sp³-hybridized carbons (Fsp3) is 0.250. The molecule has 84 valence electrons. The van der Waals surface area contributed by atoms with Gasteiger partial charge in [0.2, 0.25) is 0 Å². The molecule has 0 N–H and O–H groups in total. The molecular formula is C8H3F6I. The van der Waals surface area contributed by atoms with Crippen LogP contribution in [-0.2, 0) is 6.18 Å². The summed E-state index contributed by atoms with van der Waals surface area (Å²) in [5.41, 5.74) is -2.50. The first-order chi connectivity index (χ1) is 6.73. The molecule has 0 saturated carbocycles. The Bertz CT molecular complexity index is 370. The Morgan fingerprint density at radius 3 is 2.07 bits per heavy atom. The maximum absolute atomic E-state index is 13.0. The van der Waals surface area contributed by atoms with E-state index in [-0.39, 0.29) is 6.07 Å². The maximum Gasteiger partial charge on any atom is 0.416 e. The fourth-order valence-electron chi connectivity index (χ4n) is 0.933. The first kappa shape index (κ1) is 12.6. The first-order valence-corrected chi connectivity index (χ1v) is 4.65. The summed E-state index contributed by atoms with van der Waals surface area (Å²) in [5.74, 6) is -1.31. The number of benzene rings is 1. The molecular weight excluding hydrogens is 337 g/mol. The summed E-state index contributed by atoms with van der Waals surface area (Å²) in [4.78, 5) is 0. The van der Waals surface area contributed by atoms with E-state index in [0.717, 1.165) is 0 Å². The van der Waals surface area contributed by atoms with Gasteiger partial charge >= 0.3 is 6.18 Å². The summed E-state index contributed by atoms with van der Waals surface area (Å²) in [6, 6.07) is 0.615. The first-order valence-electron chi connectivity index (χ1n) is 3.57. The molecule has 0 radical (unpaired) electrons. The Morgan fingerprint density at radius 1 is 1.13 bits per heavy atom. The molecule has 0 unspecified atom stereocenters. The lowest BCUT2D eigenvalue weighted by molar-refractivity contribution is -0.137. The van der Waals surface area contributed by atoms with E-state index in [1.54, 1.807) is 0 Å². The van der Waals surface area contributed by atoms with Crippen molar-refractivity contribution in [3.63, 3.8) is 0 Å². The lowest BCUT2D eigenvalue weighted by atomic mass is 10.1. The summed E-state index contributed by atoms with van der Waals surface area (Å²) in [6.07, 6.45) is -8.02. The van der Waals surface area contributed by atoms with Gasteiger partial charge in [-0.05, 0) is 34.7 Å². The van der Waals surface area contributed by atoms with E-state index >= 15 is 0 Å². The Kier molecular flexibility index (Phi) is 3.51. The van der Waals surface area contributed by atoms with Gasteiger partial charge in [-0.1, -0.05) is 0 Å². The largest absolute Gasteiger partial charge is 0.416 e. The van der Waals surface area contributed by atoms with Crippen LogP contribution in [0.15, 0.2) is 12.1 Å². The summed E-state index contributed by atoms with van der Waals surface area (Å²) >= 11 is 1.24. The third-order valence-corrected chi connectivity index (χ3v) is 2.40. The Hall–Kier alpha value is -0.470. The van der Waals surface area contributed by atoms with Crippen LogP contribution in [0.1, 0.15) is 17.6 Å². The van der Waals surface area contributed by atoms with Crippen molar-refractivity contribution in [1.29, 1.82) is 0 Å². The molecule has 0 saturated heterocycles. The minimum absolute atomic E-state index is 0.127. The summed E-state index contributed by atoms with van der Waals surface area (Å²) in [5, 5.41) is 0. The van der Waals surface area contributed by atoms with Gasteiger partial charge in [0.15, 0.2) is 0 Å². The minimum Gasteiger partial charge on any atom is -0.205 e. The standard InChI is InChI=1S/C8H3F6I/c9-6-4(7(10)11)1-3(2-5(6)15)8(12,13)14/h1-2,7H. The zero-order valence-electron chi connectivity index (χ0n) is 6.88. The number of alkyl halides is 5. The van der Waals surface area contributed by atoms with Crippen molar-refractivity contribution in [2.45, 2.75) is 12.6 Å². The number of halogens is 7. The van der Waals surface area contributed by atoms with Crippen LogP contribution in [0.3, 0.4) is 0 Å². The maximum atomic E-state index is 13.0. The van der Waals surface area contributed by atoms with Gasteiger partial charge in [-0.15, -0.1) is 0 Å². The van der Waals surface area contributed by atoms with Crippen molar-refractivity contribution >= 4 is 22.6 Å². The van der Waals surface area contributed by atoms with Crippen molar-refractivity contribution in [2.24, 2.45) is 0 Å². The molecule has 0 aliphatic rings. The molecule has 0 atom stereocenters. The molecule has 0 nitrogen and oxygen atoms in total. The number of rotatable bonds is 1. The summed E-state index contributed by atoms with van der Waals surface area (Å²) < 4.78 is 73.3. The minimum atomic E-state index is -4.75. The van der Waals surface area contributed by atoms with Crippen molar-refractivity contribution in [3.05, 3.63) is 32.6 Å². The van der Waals surface area contributed by atoms with Crippen molar-refractivity contribution in [3.8, 4) is 0 Å². The quantitative estimate of drug-likeness (QED) is 0.526. The van der Waals surface area contributed by atoms with Crippen molar-refractivity contribution < 1.29 is 26.3 Å². The van der Waals surface area contributed by atoms with Crippen LogP contribution < -0.4 is 0 Å². The van der Waals surface area contributed by atoms with Gasteiger partial charge in [0.25, 0.3) is 6.43 Å². The van der Waals surface area contributed by atoms with Gasteiger partial charge in [-0.2, -0.15) is 13.2 Å². The second-order valence-corrected chi connectivity index (χ2v) is 3.82. The third kappa shape index (κ3) is 2.76. The predicted octanol–water partition coefficient (Wildman–Crippen LogP) is 4.39. The molecule has 0 amide bonds. The van der Waals surface area contributed by atoms with Crippen LogP contribution in [0.5, 0.6) is 0 Å². The van der Waals surface area contributed by atoms with Crippen LogP contribution in [0.2, 0.25) is 0 Å². The lowest BCUT2D eigenvalue weighted by Crippen LogP contribution is -2.08. The summed E-state index contributed by atoms with van der Waals surface area (Å²) in [7, 11) is 0. The second kappa shape index (κ2) is 4.18. The highest BCUT2D eigenvalue weighted by Gasteiger charge is 2.33. The molecule has 15 heavy (non-hydrogen) atoms. The van der Waals surface area contributed by atoms with E-state index in [4.69, 9.17) is 0 Å². The molecule has 0 fully saturated rings. The van der Waals surface area contributed by atoms with E-state index in [2.05, 4.69) is 0 Å². The van der Waals surface area contributed by atoms with E-state index in [1.807, 2.05) is 0 Å². The lowest BCUT2D eigenvalue weighted by Gasteiger charge is -2.10. The molecule has 1 aromatic carbocycles. The van der Waals surface area contributed by atoms with Gasteiger partial charge in [0.1, 0.15) is 5.82 Å². The van der Waals surface area contributed by atoms with Gasteiger partial charge < -0.3 is 0 Å². The zero-order valence-corrected chi connectivity index (χ0v) is 9.04. The van der Waals surface area contributed by atoms with Crippen molar-refractivity contribution in [2.75, 3.05) is 0 Å². The average molecular weight is 340 g/mol. The van der Waals surface area contributed by atoms with E-state index in [1.165, 1.54) is 22.6 Å². The van der Waals surface area contributed by atoms with Crippen molar-refractivity contribution in [1.82, 2.24) is 0 Å². The van der Waals surface area contributed by atoms with E-state index < -0.39 is 33.1 Å². The molecule has 7 heteroatoms. The molecule has 0 bridgehead atoms. The highest BCUT2D eigenvalue weighted by atomic mass is 127. The molecule has 0 aromatic heterocycles. The second-order valence-electron chi connectivity index (χ2n) is 2.66. The van der Waals surface area contributed by atoms with Gasteiger partial charge in [0.05, 0.1) is 11.1 Å². The SMILES string of the molecule is Fc1c(I)cc(C(F)(F)F)cc1C(F)F. The monoisotopic (exact) mass is 340 g/mol.